The molecule has 0 fully saturated rings. The highest BCUT2D eigenvalue weighted by Gasteiger charge is 2.04. The molecule has 0 radical (unpaired) electrons. The van der Waals surface area contributed by atoms with E-state index in [1.54, 1.807) is 18.9 Å². The van der Waals surface area contributed by atoms with Crippen LogP contribution in [0.2, 0.25) is 0 Å². The van der Waals surface area contributed by atoms with Gasteiger partial charge in [0.2, 0.25) is 0 Å². The van der Waals surface area contributed by atoms with Gasteiger partial charge >= 0.3 is 5.97 Å². The van der Waals surface area contributed by atoms with Gasteiger partial charge in [-0.05, 0) is 17.7 Å². The van der Waals surface area contributed by atoms with Gasteiger partial charge in [-0.15, -0.1) is 11.8 Å². The van der Waals surface area contributed by atoms with Crippen LogP contribution in [0.5, 0.6) is 0 Å². The van der Waals surface area contributed by atoms with E-state index >= 15 is 0 Å². The molecule has 4 nitrogen and oxygen atoms in total. The number of halogens is 1. The van der Waals surface area contributed by atoms with Crippen molar-refractivity contribution in [1.82, 2.24) is 5.32 Å². The Morgan fingerprint density at radius 1 is 1.40 bits per heavy atom. The van der Waals surface area contributed by atoms with Gasteiger partial charge in [-0.1, -0.05) is 22.0 Å². The summed E-state index contributed by atoms with van der Waals surface area (Å²) in [6.45, 7) is 2.34. The molecule has 0 saturated heterocycles. The number of carbonyl (C=O) groups excluding carboxylic acids is 1. The number of hydrogen-bond donors (Lipinski definition) is 1. The van der Waals surface area contributed by atoms with Crippen molar-refractivity contribution in [2.24, 2.45) is 0 Å². The highest BCUT2D eigenvalue weighted by molar-refractivity contribution is 9.10. The van der Waals surface area contributed by atoms with Crippen LogP contribution in [-0.2, 0) is 20.8 Å². The number of hydrogen-bond acceptors (Lipinski definition) is 5. The van der Waals surface area contributed by atoms with E-state index in [0.29, 0.717) is 13.0 Å². The van der Waals surface area contributed by atoms with Crippen LogP contribution >= 0.6 is 27.7 Å². The highest BCUT2D eigenvalue weighted by atomic mass is 79.9. The zero-order chi connectivity index (χ0) is 14.8. The first kappa shape index (κ1) is 17.5. The predicted octanol–water partition coefficient (Wildman–Crippen LogP) is 2.84. The van der Waals surface area contributed by atoms with Crippen LogP contribution in [-0.4, -0.2) is 39.1 Å². The number of benzene rings is 1. The zero-order valence-electron chi connectivity index (χ0n) is 11.8. The normalized spacial score (nSPS) is 10.6. The molecule has 0 bridgehead atoms. The molecule has 1 aromatic carbocycles. The Balaban J connectivity index is 2.40. The highest BCUT2D eigenvalue weighted by Crippen LogP contribution is 2.25. The van der Waals surface area contributed by atoms with E-state index < -0.39 is 0 Å². The molecule has 0 unspecified atom stereocenters. The number of esters is 1. The van der Waals surface area contributed by atoms with E-state index in [0.717, 1.165) is 28.2 Å². The molecule has 0 aromatic heterocycles. The number of thioether (sulfide) groups is 1. The molecule has 1 N–H and O–H groups in total. The van der Waals surface area contributed by atoms with Gasteiger partial charge in [0, 0.05) is 35.3 Å². The van der Waals surface area contributed by atoms with Crippen molar-refractivity contribution in [3.05, 3.63) is 28.2 Å². The van der Waals surface area contributed by atoms with Crippen molar-refractivity contribution in [3.63, 3.8) is 0 Å². The largest absolute Gasteiger partial charge is 0.469 e. The van der Waals surface area contributed by atoms with Crippen molar-refractivity contribution < 1.29 is 14.3 Å². The molecule has 1 rings (SSSR count). The standard InChI is InChI=1S/C14H20BrNO3S/c1-18-7-6-16-10-11-3-4-12(9-13(11)15)20-8-5-14(17)19-2/h3-4,9,16H,5-8,10H2,1-2H3. The molecule has 0 atom stereocenters. The maximum atomic E-state index is 11.0. The van der Waals surface area contributed by atoms with E-state index in [2.05, 4.69) is 44.2 Å². The Kier molecular flexibility index (Phi) is 8.93. The molecule has 0 aliphatic rings. The first-order valence-corrected chi connectivity index (χ1v) is 8.13. The SMILES string of the molecule is COCCNCc1ccc(SCCC(=O)OC)cc1Br. The Morgan fingerprint density at radius 3 is 2.85 bits per heavy atom. The van der Waals surface area contributed by atoms with Gasteiger partial charge in [-0.25, -0.2) is 0 Å². The summed E-state index contributed by atoms with van der Waals surface area (Å²) in [5.41, 5.74) is 1.21. The van der Waals surface area contributed by atoms with Gasteiger partial charge in [0.25, 0.3) is 0 Å². The molecule has 6 heteroatoms. The van der Waals surface area contributed by atoms with E-state index in [4.69, 9.17) is 4.74 Å². The lowest BCUT2D eigenvalue weighted by Crippen LogP contribution is -2.18. The monoisotopic (exact) mass is 361 g/mol. The van der Waals surface area contributed by atoms with E-state index in [-0.39, 0.29) is 5.97 Å². The minimum atomic E-state index is -0.171. The van der Waals surface area contributed by atoms with Crippen molar-refractivity contribution in [2.75, 3.05) is 33.1 Å². The Morgan fingerprint density at radius 2 is 2.20 bits per heavy atom. The van der Waals surface area contributed by atoms with Gasteiger partial charge in [0.15, 0.2) is 0 Å². The summed E-state index contributed by atoms with van der Waals surface area (Å²) in [4.78, 5) is 12.2. The van der Waals surface area contributed by atoms with E-state index in [1.807, 2.05) is 0 Å². The van der Waals surface area contributed by atoms with E-state index in [1.165, 1.54) is 12.7 Å². The number of rotatable bonds is 9. The molecule has 0 amide bonds. The molecule has 0 saturated carbocycles. The fourth-order valence-corrected chi connectivity index (χ4v) is 3.05. The fraction of sp³-hybridized carbons (Fsp3) is 0.500. The second kappa shape index (κ2) is 10.2. The second-order valence-electron chi connectivity index (χ2n) is 4.10. The molecular formula is C14H20BrNO3S. The number of methoxy groups -OCH3 is 2. The third kappa shape index (κ3) is 6.74. The summed E-state index contributed by atoms with van der Waals surface area (Å²) in [7, 11) is 3.10. The van der Waals surface area contributed by atoms with Gasteiger partial charge in [-0.3, -0.25) is 4.79 Å². The number of carbonyl (C=O) groups is 1. The number of nitrogens with one attached hydrogen (secondary N) is 1. The smallest absolute Gasteiger partial charge is 0.306 e. The predicted molar refractivity (Wildman–Crippen MR) is 85.1 cm³/mol. The van der Waals surface area contributed by atoms with Crippen molar-refractivity contribution in [3.8, 4) is 0 Å². The summed E-state index contributed by atoms with van der Waals surface area (Å²) in [6.07, 6.45) is 0.430. The average molecular weight is 362 g/mol. The zero-order valence-corrected chi connectivity index (χ0v) is 14.2. The lowest BCUT2D eigenvalue weighted by molar-refractivity contribution is -0.140. The van der Waals surface area contributed by atoms with Crippen molar-refractivity contribution >= 4 is 33.7 Å². The van der Waals surface area contributed by atoms with Crippen molar-refractivity contribution in [2.45, 2.75) is 17.9 Å². The van der Waals surface area contributed by atoms with Crippen LogP contribution in [0.1, 0.15) is 12.0 Å². The third-order valence-corrected chi connectivity index (χ3v) is 4.36. The van der Waals surface area contributed by atoms with Gasteiger partial charge in [-0.2, -0.15) is 0 Å². The van der Waals surface area contributed by atoms with Crippen LogP contribution in [0.25, 0.3) is 0 Å². The minimum Gasteiger partial charge on any atom is -0.469 e. The Hall–Kier alpha value is -0.560. The van der Waals surface area contributed by atoms with Crippen LogP contribution < -0.4 is 5.32 Å². The summed E-state index contributed by atoms with van der Waals surface area (Å²) in [6, 6.07) is 6.24. The van der Waals surface area contributed by atoms with Gasteiger partial charge < -0.3 is 14.8 Å². The molecule has 0 spiro atoms. The average Bonchev–Trinajstić information content (AvgIpc) is 2.45. The first-order valence-electron chi connectivity index (χ1n) is 6.35. The van der Waals surface area contributed by atoms with Crippen LogP contribution in [0.15, 0.2) is 27.6 Å². The quantitative estimate of drug-likeness (QED) is 0.416. The first-order chi connectivity index (χ1) is 9.67. The maximum Gasteiger partial charge on any atom is 0.306 e. The van der Waals surface area contributed by atoms with Crippen LogP contribution in [0, 0.1) is 0 Å². The molecule has 1 aromatic rings. The molecule has 112 valence electrons. The van der Waals surface area contributed by atoms with Crippen LogP contribution in [0.4, 0.5) is 0 Å². The van der Waals surface area contributed by atoms with E-state index in [9.17, 15) is 4.79 Å². The Bertz CT molecular complexity index is 429. The molecule has 20 heavy (non-hydrogen) atoms. The summed E-state index contributed by atoms with van der Waals surface area (Å²) in [5.74, 6) is 0.556. The summed E-state index contributed by atoms with van der Waals surface area (Å²) in [5, 5.41) is 3.31. The topological polar surface area (TPSA) is 47.6 Å². The maximum absolute atomic E-state index is 11.0. The lowest BCUT2D eigenvalue weighted by Gasteiger charge is -2.08. The molecule has 0 aliphatic heterocycles. The fourth-order valence-electron chi connectivity index (χ4n) is 1.51. The molecular weight excluding hydrogens is 342 g/mol. The van der Waals surface area contributed by atoms with Crippen molar-refractivity contribution in [1.29, 1.82) is 0 Å². The third-order valence-electron chi connectivity index (χ3n) is 2.63. The molecule has 0 heterocycles. The lowest BCUT2D eigenvalue weighted by atomic mass is 10.2. The molecule has 0 aliphatic carbocycles. The van der Waals surface area contributed by atoms with Crippen LogP contribution in [0.3, 0.4) is 0 Å². The summed E-state index contributed by atoms with van der Waals surface area (Å²) >= 11 is 5.22. The minimum absolute atomic E-state index is 0.171. The van der Waals surface area contributed by atoms with Gasteiger partial charge in [0.1, 0.15) is 0 Å². The van der Waals surface area contributed by atoms with Gasteiger partial charge in [0.05, 0.1) is 20.1 Å². The Labute approximate surface area is 132 Å². The number of ether oxygens (including phenoxy) is 2. The second-order valence-corrected chi connectivity index (χ2v) is 6.12. The summed E-state index contributed by atoms with van der Waals surface area (Å²) < 4.78 is 10.7.